The second-order valence-electron chi connectivity index (χ2n) is 12.5. The minimum absolute atomic E-state index is 0.00960. The van der Waals surface area contributed by atoms with Crippen LogP contribution in [0, 0.1) is 5.92 Å². The summed E-state index contributed by atoms with van der Waals surface area (Å²) < 4.78 is 11.6. The van der Waals surface area contributed by atoms with Crippen LogP contribution in [0.15, 0.2) is 53.7 Å². The lowest BCUT2D eigenvalue weighted by molar-refractivity contribution is -0.139. The Bertz CT molecular complexity index is 1610. The number of benzene rings is 1. The predicted octanol–water partition coefficient (Wildman–Crippen LogP) is 4.88. The maximum absolute atomic E-state index is 12.5. The Morgan fingerprint density at radius 2 is 1.89 bits per heavy atom. The molecule has 1 aromatic carbocycles. The van der Waals surface area contributed by atoms with Gasteiger partial charge in [0.1, 0.15) is 24.1 Å². The lowest BCUT2D eigenvalue weighted by Crippen LogP contribution is -2.54. The van der Waals surface area contributed by atoms with Gasteiger partial charge in [-0.2, -0.15) is 4.98 Å². The summed E-state index contributed by atoms with van der Waals surface area (Å²) in [5.41, 5.74) is 1.88. The largest absolute Gasteiger partial charge is 0.481 e. The number of hydrogen-bond acceptors (Lipinski definition) is 10. The van der Waals surface area contributed by atoms with Crippen LogP contribution in [0.1, 0.15) is 45.2 Å². The SMILES string of the molecule is CN=CC(Cc1ccc(Nc2ncc3c(n2)N(c2cccc(N4C(=O)OC[C@@H]4C)n2)[C@@H]2CC(C)(C)OC[C@]32C)cc1)C(=O)O. The Balaban J connectivity index is 1.33. The van der Waals surface area contributed by atoms with Crippen LogP contribution < -0.4 is 15.1 Å². The van der Waals surface area contributed by atoms with Crippen LogP contribution >= 0.6 is 0 Å². The maximum Gasteiger partial charge on any atom is 0.415 e. The van der Waals surface area contributed by atoms with E-state index in [1.54, 1.807) is 11.9 Å². The molecule has 12 nitrogen and oxygen atoms in total. The molecule has 5 heterocycles. The van der Waals surface area contributed by atoms with Gasteiger partial charge in [-0.1, -0.05) is 25.1 Å². The third-order valence-electron chi connectivity index (χ3n) is 8.72. The fraction of sp³-hybridized carbons (Fsp3) is 0.438. The van der Waals surface area contributed by atoms with Gasteiger partial charge in [0.15, 0.2) is 0 Å². The lowest BCUT2D eigenvalue weighted by atomic mass is 9.73. The minimum atomic E-state index is -0.910. The van der Waals surface area contributed by atoms with Gasteiger partial charge in [0.2, 0.25) is 5.95 Å². The molecule has 3 aliphatic heterocycles. The first-order valence-electron chi connectivity index (χ1n) is 14.7. The Hall–Kier alpha value is -4.58. The second kappa shape index (κ2) is 11.2. The molecule has 0 aliphatic carbocycles. The molecule has 4 atom stereocenters. The van der Waals surface area contributed by atoms with Crippen LogP contribution in [0.3, 0.4) is 0 Å². The highest BCUT2D eigenvalue weighted by molar-refractivity contribution is 5.90. The van der Waals surface area contributed by atoms with Crippen molar-refractivity contribution >= 4 is 47.4 Å². The number of rotatable bonds is 8. The number of aliphatic imine (C=N–C) groups is 1. The number of aliphatic carboxylic acids is 1. The van der Waals surface area contributed by atoms with E-state index in [1.165, 1.54) is 6.21 Å². The first-order chi connectivity index (χ1) is 21.0. The molecule has 44 heavy (non-hydrogen) atoms. The molecule has 230 valence electrons. The summed E-state index contributed by atoms with van der Waals surface area (Å²) in [6, 6.07) is 13.1. The third-order valence-corrected chi connectivity index (χ3v) is 8.72. The molecule has 1 unspecified atom stereocenters. The molecule has 1 amide bonds. The molecule has 3 aromatic rings. The number of carboxylic acids is 1. The summed E-state index contributed by atoms with van der Waals surface area (Å²) in [6.07, 6.45) is 3.98. The van der Waals surface area contributed by atoms with Crippen LogP contribution in [-0.2, 0) is 26.1 Å². The van der Waals surface area contributed by atoms with Crippen LogP contribution in [0.4, 0.5) is 33.9 Å². The average Bonchev–Trinajstić information content (AvgIpc) is 3.45. The van der Waals surface area contributed by atoms with E-state index < -0.39 is 18.0 Å². The Morgan fingerprint density at radius 3 is 2.55 bits per heavy atom. The number of ether oxygens (including phenoxy) is 2. The maximum atomic E-state index is 12.5. The summed E-state index contributed by atoms with van der Waals surface area (Å²) in [4.78, 5) is 46.3. The Kier molecular flexibility index (Phi) is 7.48. The number of carbonyl (C=O) groups excluding carboxylic acids is 1. The number of nitrogens with zero attached hydrogens (tertiary/aromatic N) is 6. The number of fused-ring (bicyclic) bond motifs is 3. The van der Waals surface area contributed by atoms with Crippen LogP contribution in [-0.4, -0.2) is 76.3 Å². The van der Waals surface area contributed by atoms with Crippen molar-refractivity contribution in [3.05, 3.63) is 59.8 Å². The molecular weight excluding hydrogens is 562 g/mol. The molecule has 3 aliphatic rings. The average molecular weight is 600 g/mol. The molecular formula is C32H37N7O5. The summed E-state index contributed by atoms with van der Waals surface area (Å²) in [5, 5.41) is 12.8. The Labute approximate surface area is 256 Å². The van der Waals surface area contributed by atoms with Gasteiger partial charge in [0.25, 0.3) is 0 Å². The molecule has 12 heteroatoms. The number of aromatic nitrogens is 3. The first kappa shape index (κ1) is 29.5. The fourth-order valence-electron chi connectivity index (χ4n) is 6.27. The molecule has 0 saturated carbocycles. The van der Waals surface area contributed by atoms with Gasteiger partial charge in [-0.3, -0.25) is 14.7 Å². The summed E-state index contributed by atoms with van der Waals surface area (Å²) >= 11 is 0. The van der Waals surface area contributed by atoms with Crippen LogP contribution in [0.5, 0.6) is 0 Å². The topological polar surface area (TPSA) is 142 Å². The molecule has 2 fully saturated rings. The highest BCUT2D eigenvalue weighted by Gasteiger charge is 2.55. The van der Waals surface area contributed by atoms with E-state index >= 15 is 0 Å². The predicted molar refractivity (Wildman–Crippen MR) is 166 cm³/mol. The first-order valence-corrected chi connectivity index (χ1v) is 14.7. The molecule has 2 saturated heterocycles. The summed E-state index contributed by atoms with van der Waals surface area (Å²) in [5.74, 6) is 0.764. The van der Waals surface area contributed by atoms with Gasteiger partial charge in [0.05, 0.1) is 30.2 Å². The normalized spacial score (nSPS) is 24.6. The zero-order valence-electron chi connectivity index (χ0n) is 25.5. The van der Waals surface area contributed by atoms with Crippen LogP contribution in [0.2, 0.25) is 0 Å². The van der Waals surface area contributed by atoms with Crippen molar-refractivity contribution in [2.24, 2.45) is 10.9 Å². The van der Waals surface area contributed by atoms with E-state index in [0.29, 0.717) is 37.2 Å². The van der Waals surface area contributed by atoms with Gasteiger partial charge in [-0.05, 0) is 63.4 Å². The molecule has 0 spiro atoms. The number of amides is 1. The third kappa shape index (κ3) is 5.34. The zero-order valence-corrected chi connectivity index (χ0v) is 25.5. The molecule has 0 bridgehead atoms. The highest BCUT2D eigenvalue weighted by Crippen LogP contribution is 2.53. The number of pyridine rings is 1. The van der Waals surface area contributed by atoms with Gasteiger partial charge in [-0.25, -0.2) is 14.8 Å². The number of cyclic esters (lactones) is 1. The smallest absolute Gasteiger partial charge is 0.415 e. The van der Waals surface area contributed by atoms with Crippen LogP contribution in [0.25, 0.3) is 0 Å². The van der Waals surface area contributed by atoms with Gasteiger partial charge in [0, 0.05) is 36.1 Å². The summed E-state index contributed by atoms with van der Waals surface area (Å²) in [7, 11) is 1.57. The molecule has 2 N–H and O–H groups in total. The van der Waals surface area contributed by atoms with E-state index in [9.17, 15) is 14.7 Å². The molecule has 2 aromatic heterocycles. The number of carbonyl (C=O) groups is 2. The molecule has 6 rings (SSSR count). The second-order valence-corrected chi connectivity index (χ2v) is 12.5. The van der Waals surface area contributed by atoms with Crippen molar-refractivity contribution < 1.29 is 24.2 Å². The Morgan fingerprint density at radius 1 is 1.16 bits per heavy atom. The van der Waals surface area contributed by atoms with Crippen molar-refractivity contribution in [3.63, 3.8) is 0 Å². The quantitative estimate of drug-likeness (QED) is 0.344. The van der Waals surface area contributed by atoms with Gasteiger partial charge >= 0.3 is 12.1 Å². The number of anilines is 5. The lowest BCUT2D eigenvalue weighted by Gasteiger charge is -2.46. The standard InChI is InChI=1S/C32H37N7O5/c1-19-17-43-30(42)38(19)25-7-6-8-26(36-25)39-24-14-31(2,3)44-18-32(24,4)23-16-34-29(37-27(23)39)35-22-11-9-20(10-12-22)13-21(15-33-5)28(40)41/h6-12,15-16,19,21,24H,13-14,17-18H2,1-5H3,(H,40,41)(H,34,35,37)/t19-,21?,24+,32+/m0/s1. The van der Waals surface area contributed by atoms with Crippen molar-refractivity contribution in [3.8, 4) is 0 Å². The molecule has 0 radical (unpaired) electrons. The fourth-order valence-corrected chi connectivity index (χ4v) is 6.27. The van der Waals surface area contributed by atoms with Gasteiger partial charge in [-0.15, -0.1) is 0 Å². The number of hydrogen-bond donors (Lipinski definition) is 2. The van der Waals surface area contributed by atoms with E-state index in [2.05, 4.69) is 41.0 Å². The zero-order chi connectivity index (χ0) is 31.2. The van der Waals surface area contributed by atoms with Crippen molar-refractivity contribution in [2.45, 2.75) is 63.6 Å². The van der Waals surface area contributed by atoms with E-state index in [1.807, 2.05) is 55.6 Å². The van der Waals surface area contributed by atoms with E-state index in [0.717, 1.165) is 29.1 Å². The number of nitrogens with one attached hydrogen (secondary N) is 1. The van der Waals surface area contributed by atoms with Crippen molar-refractivity contribution in [1.29, 1.82) is 0 Å². The van der Waals surface area contributed by atoms with Crippen molar-refractivity contribution in [1.82, 2.24) is 15.0 Å². The highest BCUT2D eigenvalue weighted by atomic mass is 16.6. The van der Waals surface area contributed by atoms with E-state index in [-0.39, 0.29) is 23.1 Å². The minimum Gasteiger partial charge on any atom is -0.481 e. The summed E-state index contributed by atoms with van der Waals surface area (Å²) in [6.45, 7) is 9.12. The van der Waals surface area contributed by atoms with Gasteiger partial charge < -0.3 is 24.8 Å². The van der Waals surface area contributed by atoms with E-state index in [4.69, 9.17) is 19.4 Å². The number of carboxylic acid groups (broad SMARTS) is 1. The van der Waals surface area contributed by atoms with Crippen molar-refractivity contribution in [2.75, 3.05) is 35.4 Å². The monoisotopic (exact) mass is 599 g/mol.